The van der Waals surface area contributed by atoms with Crippen molar-refractivity contribution in [1.29, 1.82) is 0 Å². The predicted octanol–water partition coefficient (Wildman–Crippen LogP) is 5.44. The molecule has 47 heavy (non-hydrogen) atoms. The molecule has 0 saturated carbocycles. The Kier molecular flexibility index (Phi) is 10.6. The van der Waals surface area contributed by atoms with E-state index >= 15 is 0 Å². The summed E-state index contributed by atoms with van der Waals surface area (Å²) in [7, 11) is -12.0. The number of H-pyrrole nitrogens is 1. The first-order valence-corrected chi connectivity index (χ1v) is 26.4. The van der Waals surface area contributed by atoms with E-state index in [0.29, 0.717) is 0 Å². The van der Waals surface area contributed by atoms with Crippen molar-refractivity contribution < 1.29 is 30.6 Å². The van der Waals surface area contributed by atoms with Crippen LogP contribution in [0.4, 0.5) is 0 Å². The van der Waals surface area contributed by atoms with E-state index in [4.69, 9.17) is 27.9 Å². The Balaban J connectivity index is 2.39. The zero-order chi connectivity index (χ0) is 36.6. The topological polar surface area (TPSA) is 161 Å². The molecule has 0 radical (unpaired) electrons. The second-order valence-electron chi connectivity index (χ2n) is 17.7. The van der Waals surface area contributed by atoms with Crippen LogP contribution >= 0.6 is 0 Å². The molecule has 0 bridgehead atoms. The number of nitrogens with two attached hydrogens (primary N) is 1. The van der Waals surface area contributed by atoms with Crippen molar-refractivity contribution in [3.8, 4) is 0 Å². The first-order chi connectivity index (χ1) is 20.8. The first kappa shape index (κ1) is 40.1. The predicted molar refractivity (Wildman–Crippen MR) is 192 cm³/mol. The third-order valence-electron chi connectivity index (χ3n) is 11.0. The Labute approximate surface area is 284 Å². The summed E-state index contributed by atoms with van der Waals surface area (Å²) >= 11 is 0. The van der Waals surface area contributed by atoms with Crippen LogP contribution in [0.15, 0.2) is 26.9 Å². The van der Waals surface area contributed by atoms with E-state index in [1.54, 1.807) is 6.92 Å². The van der Waals surface area contributed by atoms with Crippen LogP contribution in [0.1, 0.15) is 74.1 Å². The number of hydrogen-bond donors (Lipinski definition) is 2. The van der Waals surface area contributed by atoms with Crippen molar-refractivity contribution in [2.24, 2.45) is 5.73 Å². The number of aromatic nitrogens is 2. The van der Waals surface area contributed by atoms with Gasteiger partial charge in [0, 0.05) is 11.8 Å². The average molecular weight is 734 g/mol. The zero-order valence-corrected chi connectivity index (χ0v) is 35.1. The maximum atomic E-state index is 13.4. The minimum atomic E-state index is -4.30. The summed E-state index contributed by atoms with van der Waals surface area (Å²) in [5.41, 5.74) is 3.67. The highest BCUT2D eigenvalue weighted by molar-refractivity contribution is 7.90. The van der Waals surface area contributed by atoms with Gasteiger partial charge < -0.3 is 23.7 Å². The van der Waals surface area contributed by atoms with Crippen LogP contribution in [0.3, 0.4) is 0 Å². The molecule has 16 heteroatoms. The van der Waals surface area contributed by atoms with Crippen molar-refractivity contribution >= 4 is 35.1 Å². The van der Waals surface area contributed by atoms with Crippen molar-refractivity contribution in [3.05, 3.63) is 43.7 Å². The Bertz CT molecular complexity index is 1600. The van der Waals surface area contributed by atoms with Gasteiger partial charge in [0.2, 0.25) is 0 Å². The van der Waals surface area contributed by atoms with E-state index in [1.807, 2.05) is 33.9 Å². The van der Waals surface area contributed by atoms with E-state index in [-0.39, 0.29) is 33.0 Å². The zero-order valence-electron chi connectivity index (χ0n) is 31.3. The van der Waals surface area contributed by atoms with Gasteiger partial charge in [-0.25, -0.2) is 8.98 Å². The monoisotopic (exact) mass is 733 g/mol. The normalized spacial score (nSPS) is 26.6. The Morgan fingerprint density at radius 2 is 1.45 bits per heavy atom. The molecule has 3 rings (SSSR count). The van der Waals surface area contributed by atoms with Crippen molar-refractivity contribution in [2.45, 2.75) is 154 Å². The molecule has 0 amide bonds. The van der Waals surface area contributed by atoms with Gasteiger partial charge in [0.15, 0.2) is 36.8 Å². The van der Waals surface area contributed by atoms with E-state index in [1.165, 1.54) is 10.8 Å². The van der Waals surface area contributed by atoms with Gasteiger partial charge in [-0.1, -0.05) is 62.3 Å². The maximum Gasteiger partial charge on any atom is 0.330 e. The van der Waals surface area contributed by atoms with Crippen LogP contribution in [0.25, 0.3) is 0 Å². The second-order valence-corrected chi connectivity index (χ2v) is 33.4. The third-order valence-corrected chi connectivity index (χ3v) is 25.5. The van der Waals surface area contributed by atoms with Gasteiger partial charge in [0.05, 0.1) is 23.8 Å². The van der Waals surface area contributed by atoms with E-state index in [9.17, 15) is 18.0 Å². The minimum Gasteiger partial charge on any atom is -0.414 e. The molecule has 1 aromatic heterocycles. The van der Waals surface area contributed by atoms with Crippen LogP contribution in [-0.2, 0) is 32.3 Å². The molecule has 3 N–H and O–H groups in total. The number of aryl methyl sites for hydroxylation is 1. The van der Waals surface area contributed by atoms with E-state index in [0.717, 1.165) is 5.41 Å². The molecule has 270 valence electrons. The summed E-state index contributed by atoms with van der Waals surface area (Å²) in [4.78, 5) is 28.2. The van der Waals surface area contributed by atoms with Crippen molar-refractivity contribution in [3.63, 3.8) is 0 Å². The quantitative estimate of drug-likeness (QED) is 0.247. The summed E-state index contributed by atoms with van der Waals surface area (Å²) in [6.07, 6.45) is -3.13. The van der Waals surface area contributed by atoms with Gasteiger partial charge in [0.25, 0.3) is 15.7 Å². The molecule has 1 saturated heterocycles. The van der Waals surface area contributed by atoms with Crippen LogP contribution in [0.5, 0.6) is 0 Å². The molecule has 0 aromatic carbocycles. The molecule has 3 heterocycles. The second kappa shape index (κ2) is 12.4. The van der Waals surface area contributed by atoms with Crippen molar-refractivity contribution in [2.75, 3.05) is 6.61 Å². The lowest BCUT2D eigenvalue weighted by Crippen LogP contribution is -2.62. The number of rotatable bonds is 9. The summed E-state index contributed by atoms with van der Waals surface area (Å²) in [6, 6.07) is 0. The van der Waals surface area contributed by atoms with Crippen LogP contribution in [0.2, 0.25) is 54.4 Å². The molecule has 5 atom stereocenters. The molecule has 0 aliphatic carbocycles. The van der Waals surface area contributed by atoms with Crippen molar-refractivity contribution in [1.82, 2.24) is 9.55 Å². The van der Waals surface area contributed by atoms with Gasteiger partial charge in [-0.3, -0.25) is 14.3 Å². The van der Waals surface area contributed by atoms with Crippen LogP contribution < -0.4 is 17.0 Å². The van der Waals surface area contributed by atoms with Crippen LogP contribution in [0, 0.1) is 6.92 Å². The van der Waals surface area contributed by atoms with Gasteiger partial charge >= 0.3 is 5.69 Å². The fourth-order valence-electron chi connectivity index (χ4n) is 4.87. The fourth-order valence-corrected chi connectivity index (χ4v) is 9.68. The van der Waals surface area contributed by atoms with Gasteiger partial charge in [-0.15, -0.1) is 0 Å². The summed E-state index contributed by atoms with van der Waals surface area (Å²) in [5.74, 6) is 0. The molecular weight excluding hydrogens is 675 g/mol. The summed E-state index contributed by atoms with van der Waals surface area (Å²) in [6.45, 7) is 33.0. The standard InChI is InChI=1S/C31H59N3O9SSi3/c1-20-17-34(27(36)33-25(20)35)26-24(42-47(15,16)30(8,9)10)31(22(32)19-44(37,38)43-31)23(40-26)21(41-46(13,14)29(5,6)7)18-39-45(11,12)28(2,3)4/h17,19,21,23-24,26H,18,32H2,1-16H3,(H,33,35,36)/t21-,23-,24+,26-,31?/m1/s1. The highest BCUT2D eigenvalue weighted by Crippen LogP contribution is 2.53. The lowest BCUT2D eigenvalue weighted by molar-refractivity contribution is -0.101. The Hall–Kier alpha value is -1.38. The Morgan fingerprint density at radius 1 is 0.936 bits per heavy atom. The SMILES string of the molecule is Cc1cn([C@@H]2O[C@H]([C@@H](CO[Si](C)(C)C(C)(C)C)O[Si](C)(C)C(C)(C)C)C3(OS(=O)(=O)C=C3N)[C@H]2O[Si](C)(C)C(C)(C)C)c(=O)[nH]c1=O. The third kappa shape index (κ3) is 7.70. The number of ether oxygens (including phenoxy) is 1. The fraction of sp³-hybridized carbons (Fsp3) is 0.806. The molecule has 1 fully saturated rings. The summed E-state index contributed by atoms with van der Waals surface area (Å²) < 4.78 is 61.6. The lowest BCUT2D eigenvalue weighted by atomic mass is 9.86. The molecular formula is C31H59N3O9SSi3. The average Bonchev–Trinajstić information content (AvgIpc) is 3.28. The lowest BCUT2D eigenvalue weighted by Gasteiger charge is -2.46. The molecule has 1 spiro atoms. The van der Waals surface area contributed by atoms with Gasteiger partial charge in [0.1, 0.15) is 12.2 Å². The highest BCUT2D eigenvalue weighted by atomic mass is 32.2. The highest BCUT2D eigenvalue weighted by Gasteiger charge is 2.69. The Morgan fingerprint density at radius 3 is 1.89 bits per heavy atom. The van der Waals surface area contributed by atoms with E-state index in [2.05, 4.69) is 72.7 Å². The number of nitrogens with one attached hydrogen (secondary N) is 1. The minimum absolute atomic E-state index is 0.0607. The molecule has 1 unspecified atom stereocenters. The van der Waals surface area contributed by atoms with Gasteiger partial charge in [-0.2, -0.15) is 8.42 Å². The molecule has 12 nitrogen and oxygen atoms in total. The van der Waals surface area contributed by atoms with Gasteiger partial charge in [-0.05, 0) is 61.3 Å². The van der Waals surface area contributed by atoms with E-state index < -0.39 is 76.5 Å². The largest absolute Gasteiger partial charge is 0.414 e. The number of hydrogen-bond acceptors (Lipinski definition) is 10. The smallest absolute Gasteiger partial charge is 0.330 e. The number of nitrogens with zero attached hydrogens (tertiary/aromatic N) is 1. The van der Waals surface area contributed by atoms with Crippen LogP contribution in [-0.4, -0.2) is 73.4 Å². The molecule has 1 aromatic rings. The summed E-state index contributed by atoms with van der Waals surface area (Å²) in [5, 5.41) is 0.196. The molecule has 2 aliphatic rings. The molecule has 2 aliphatic heterocycles. The number of aromatic amines is 1. The maximum absolute atomic E-state index is 13.4. The first-order valence-electron chi connectivity index (χ1n) is 16.2.